The maximum Gasteiger partial charge on any atom is 0.310 e. The molecule has 4 heterocycles. The Balaban J connectivity index is 0.858. The van der Waals surface area contributed by atoms with Gasteiger partial charge in [-0.2, -0.15) is 0 Å². The lowest BCUT2D eigenvalue weighted by atomic mass is 9.33. The summed E-state index contributed by atoms with van der Waals surface area (Å²) in [6.45, 7) is 16.2. The molecular weight excluding hydrogens is 973 g/mol. The molecule has 0 amide bonds. The first-order valence-corrected chi connectivity index (χ1v) is 27.1. The summed E-state index contributed by atoms with van der Waals surface area (Å²) in [6, 6.07) is 0. The fourth-order valence-electron chi connectivity index (χ4n) is 16.2. The van der Waals surface area contributed by atoms with Crippen molar-refractivity contribution < 1.29 is 104 Å². The lowest BCUT2D eigenvalue weighted by Crippen LogP contribution is -2.66. The molecule has 0 radical (unpaired) electrons. The van der Waals surface area contributed by atoms with Crippen LogP contribution in [0.2, 0.25) is 0 Å². The summed E-state index contributed by atoms with van der Waals surface area (Å²) < 4.78 is 47.7. The highest BCUT2D eigenvalue weighted by Gasteiger charge is 2.70. The molecule has 0 aromatic rings. The minimum atomic E-state index is -1.90. The number of carboxylic acids is 1. The van der Waals surface area contributed by atoms with Crippen molar-refractivity contribution in [2.75, 3.05) is 19.8 Å². The van der Waals surface area contributed by atoms with E-state index >= 15 is 0 Å². The first-order valence-electron chi connectivity index (χ1n) is 27.1. The second kappa shape index (κ2) is 20.5. The van der Waals surface area contributed by atoms with Crippen LogP contribution < -0.4 is 0 Å². The lowest BCUT2D eigenvalue weighted by Gasteiger charge is -2.71. The van der Waals surface area contributed by atoms with Crippen LogP contribution in [-0.4, -0.2) is 210 Å². The van der Waals surface area contributed by atoms with Gasteiger partial charge in [0.2, 0.25) is 0 Å². The van der Waals surface area contributed by atoms with Crippen molar-refractivity contribution in [1.29, 1.82) is 0 Å². The van der Waals surface area contributed by atoms with E-state index in [1.807, 2.05) is 0 Å². The molecule has 424 valence electrons. The van der Waals surface area contributed by atoms with Gasteiger partial charge in [-0.25, -0.2) is 0 Å². The van der Waals surface area contributed by atoms with Crippen molar-refractivity contribution in [3.8, 4) is 0 Å². The SMILES string of the molecule is CC1OC(OC2C(OC3CCC4(C)C(CCC5(C)C4CC=C4C6CC(C)(C)CCC6(C(=O)O)CCC45C)C3(C)C)OCC(O)C2O)C(O)C(O)C1OC1OC(COC2OC(CO)C(O)C(O)C2O)C(O)C(O)C1O. The molecule has 27 unspecified atom stereocenters. The number of hydrogen-bond acceptors (Lipinski definition) is 20. The highest BCUT2D eigenvalue weighted by Crippen LogP contribution is 2.76. The molecule has 0 bridgehead atoms. The van der Waals surface area contributed by atoms with E-state index in [1.165, 1.54) is 12.5 Å². The average Bonchev–Trinajstić information content (AvgIpc) is 3.34. The molecule has 21 heteroatoms. The van der Waals surface area contributed by atoms with Crippen molar-refractivity contribution in [1.82, 2.24) is 0 Å². The molecule has 8 fully saturated rings. The molecule has 74 heavy (non-hydrogen) atoms. The third-order valence-corrected chi connectivity index (χ3v) is 21.0. The fourth-order valence-corrected chi connectivity index (χ4v) is 16.2. The van der Waals surface area contributed by atoms with Crippen LogP contribution in [0.25, 0.3) is 0 Å². The van der Waals surface area contributed by atoms with Crippen LogP contribution in [-0.2, 0) is 42.7 Å². The second-order valence-corrected chi connectivity index (χ2v) is 25.9. The van der Waals surface area contributed by atoms with Gasteiger partial charge in [0.05, 0.1) is 37.4 Å². The summed E-state index contributed by atoms with van der Waals surface area (Å²) >= 11 is 0. The normalized spacial score (nSPS) is 54.1. The van der Waals surface area contributed by atoms with Gasteiger partial charge in [0.25, 0.3) is 0 Å². The molecule has 4 aliphatic heterocycles. The molecule has 21 nitrogen and oxygen atoms in total. The number of aliphatic hydroxyl groups excluding tert-OH is 11. The average molecular weight is 1060 g/mol. The second-order valence-electron chi connectivity index (χ2n) is 25.9. The first-order chi connectivity index (χ1) is 34.6. The number of carbonyl (C=O) groups is 1. The van der Waals surface area contributed by atoms with E-state index in [0.717, 1.165) is 44.9 Å². The topological polar surface area (TPSA) is 334 Å². The smallest absolute Gasteiger partial charge is 0.310 e. The quantitative estimate of drug-likeness (QED) is 0.0971. The number of hydrogen-bond donors (Lipinski definition) is 12. The van der Waals surface area contributed by atoms with E-state index < -0.39 is 147 Å². The summed E-state index contributed by atoms with van der Waals surface area (Å²) in [5.74, 6) is -0.0720. The Morgan fingerprint density at radius 1 is 0.635 bits per heavy atom. The first kappa shape index (κ1) is 57.1. The van der Waals surface area contributed by atoms with Gasteiger partial charge < -0.3 is 99.2 Å². The van der Waals surface area contributed by atoms with Gasteiger partial charge in [-0.3, -0.25) is 4.79 Å². The Hall–Kier alpha value is -1.55. The van der Waals surface area contributed by atoms with Crippen LogP contribution in [0.5, 0.6) is 0 Å². The van der Waals surface area contributed by atoms with Gasteiger partial charge in [0.1, 0.15) is 85.5 Å². The Morgan fingerprint density at radius 3 is 1.92 bits per heavy atom. The maximum atomic E-state index is 13.2. The van der Waals surface area contributed by atoms with Crippen molar-refractivity contribution >= 4 is 5.97 Å². The summed E-state index contributed by atoms with van der Waals surface area (Å²) in [5.41, 5.74) is 0.0337. The maximum absolute atomic E-state index is 13.2. The van der Waals surface area contributed by atoms with Crippen LogP contribution in [0.1, 0.15) is 120 Å². The molecule has 27 atom stereocenters. The van der Waals surface area contributed by atoms with E-state index in [1.54, 1.807) is 0 Å². The van der Waals surface area contributed by atoms with Crippen molar-refractivity contribution in [3.05, 3.63) is 11.6 Å². The zero-order chi connectivity index (χ0) is 54.0. The Bertz CT molecular complexity index is 2040. The number of carboxylic acid groups (broad SMARTS) is 1. The molecule has 12 N–H and O–H groups in total. The van der Waals surface area contributed by atoms with Crippen LogP contribution in [0.3, 0.4) is 0 Å². The third kappa shape index (κ3) is 9.27. The summed E-state index contributed by atoms with van der Waals surface area (Å²) in [4.78, 5) is 13.2. The van der Waals surface area contributed by atoms with Gasteiger partial charge in [0, 0.05) is 0 Å². The molecule has 4 saturated carbocycles. The van der Waals surface area contributed by atoms with Crippen LogP contribution in [0.4, 0.5) is 0 Å². The molecule has 0 spiro atoms. The number of aliphatic hydroxyl groups is 11. The van der Waals surface area contributed by atoms with E-state index in [0.29, 0.717) is 25.2 Å². The zero-order valence-corrected chi connectivity index (χ0v) is 44.1. The Kier molecular flexibility index (Phi) is 15.8. The monoisotopic (exact) mass is 1060 g/mol. The van der Waals surface area contributed by atoms with Crippen LogP contribution in [0.15, 0.2) is 11.6 Å². The van der Waals surface area contributed by atoms with E-state index in [9.17, 15) is 66.1 Å². The summed E-state index contributed by atoms with van der Waals surface area (Å²) in [6.07, 6.45) is -19.9. The molecule has 0 aromatic carbocycles. The zero-order valence-electron chi connectivity index (χ0n) is 44.1. The standard InChI is InChI=1S/C53H86O21/c1-23-41(73-45-39(63)36(60)34(58)28(71-45)22-68-43-38(62)35(59)33(57)27(20-54)70-43)37(61)40(64)44(69-23)74-42-32(56)26(55)21-67-46(42)72-31-12-13-50(6)29(49(31,4)5)11-14-52(8)30(50)10-9-24-25-19-48(2,3)15-17-53(25,47(65)66)18-16-51(24,52)7/h9,23,25-46,54-64H,10-22H2,1-8H3,(H,65,66). The molecule has 0 aromatic heterocycles. The highest BCUT2D eigenvalue weighted by molar-refractivity contribution is 5.76. The number of allylic oxidation sites excluding steroid dienone is 2. The fraction of sp³-hybridized carbons (Fsp3) is 0.943. The Labute approximate surface area is 433 Å². The Morgan fingerprint density at radius 2 is 1.24 bits per heavy atom. The molecule has 9 rings (SSSR count). The molecule has 9 aliphatic rings. The van der Waals surface area contributed by atoms with Crippen molar-refractivity contribution in [2.24, 2.45) is 50.2 Å². The summed E-state index contributed by atoms with van der Waals surface area (Å²) in [7, 11) is 0. The van der Waals surface area contributed by atoms with Gasteiger partial charge in [-0.05, 0) is 116 Å². The van der Waals surface area contributed by atoms with E-state index in [-0.39, 0.29) is 46.2 Å². The number of rotatable bonds is 11. The van der Waals surface area contributed by atoms with Gasteiger partial charge >= 0.3 is 5.97 Å². The molecular formula is C53H86O21. The van der Waals surface area contributed by atoms with Gasteiger partial charge in [0.15, 0.2) is 25.2 Å². The lowest BCUT2D eigenvalue weighted by molar-refractivity contribution is -0.382. The number of fused-ring (bicyclic) bond motifs is 7. The van der Waals surface area contributed by atoms with E-state index in [2.05, 4.69) is 54.5 Å². The van der Waals surface area contributed by atoms with Crippen molar-refractivity contribution in [2.45, 2.75) is 242 Å². The predicted molar refractivity (Wildman–Crippen MR) is 256 cm³/mol. The molecule has 4 saturated heterocycles. The van der Waals surface area contributed by atoms with Gasteiger partial charge in [-0.15, -0.1) is 0 Å². The van der Waals surface area contributed by atoms with Gasteiger partial charge in [-0.1, -0.05) is 60.1 Å². The number of ether oxygens (including phenoxy) is 8. The minimum absolute atomic E-state index is 0.0164. The molecule has 5 aliphatic carbocycles. The predicted octanol–water partition coefficient (Wildman–Crippen LogP) is 0.197. The number of aliphatic carboxylic acids is 1. The minimum Gasteiger partial charge on any atom is -0.481 e. The largest absolute Gasteiger partial charge is 0.481 e. The summed E-state index contributed by atoms with van der Waals surface area (Å²) in [5, 5.41) is 129. The van der Waals surface area contributed by atoms with Crippen LogP contribution in [0, 0.1) is 50.2 Å². The third-order valence-electron chi connectivity index (χ3n) is 21.0. The van der Waals surface area contributed by atoms with E-state index in [4.69, 9.17) is 37.9 Å². The van der Waals surface area contributed by atoms with Crippen molar-refractivity contribution in [3.63, 3.8) is 0 Å². The van der Waals surface area contributed by atoms with Crippen LogP contribution >= 0.6 is 0 Å². The highest BCUT2D eigenvalue weighted by atomic mass is 16.8.